The highest BCUT2D eigenvalue weighted by Gasteiger charge is 2.37. The predicted molar refractivity (Wildman–Crippen MR) is 62.4 cm³/mol. The lowest BCUT2D eigenvalue weighted by Gasteiger charge is -2.29. The van der Waals surface area contributed by atoms with Crippen LogP contribution in [0.4, 0.5) is 0 Å². The lowest BCUT2D eigenvalue weighted by atomic mass is 9.86. The number of likely N-dealkylation sites (N-methyl/N-ethyl adjacent to an activating group) is 1. The number of nitrogens with one attached hydrogen (secondary N) is 1. The molecule has 15 heavy (non-hydrogen) atoms. The van der Waals surface area contributed by atoms with E-state index in [1.807, 2.05) is 7.05 Å². The van der Waals surface area contributed by atoms with Crippen LogP contribution in [0.25, 0.3) is 0 Å². The van der Waals surface area contributed by atoms with Crippen molar-refractivity contribution < 1.29 is 4.79 Å². The molecule has 3 nitrogen and oxygen atoms in total. The third-order valence-corrected chi connectivity index (χ3v) is 4.01. The van der Waals surface area contributed by atoms with Gasteiger partial charge in [-0.05, 0) is 38.1 Å². The monoisotopic (exact) mass is 212 g/mol. The first kappa shape index (κ1) is 12.5. The summed E-state index contributed by atoms with van der Waals surface area (Å²) in [6.45, 7) is 4.53. The number of amides is 1. The Balaban J connectivity index is 2.69. The van der Waals surface area contributed by atoms with Crippen LogP contribution in [0.2, 0.25) is 0 Å². The molecule has 1 aliphatic carbocycles. The van der Waals surface area contributed by atoms with Crippen molar-refractivity contribution in [2.24, 2.45) is 17.6 Å². The Morgan fingerprint density at radius 1 is 1.40 bits per heavy atom. The Morgan fingerprint density at radius 2 is 2.07 bits per heavy atom. The Bertz CT molecular complexity index is 228. The minimum absolute atomic E-state index is 0.186. The molecule has 0 saturated heterocycles. The third-order valence-electron chi connectivity index (χ3n) is 4.01. The first-order chi connectivity index (χ1) is 7.02. The first-order valence-corrected chi connectivity index (χ1v) is 6.00. The summed E-state index contributed by atoms with van der Waals surface area (Å²) in [4.78, 5) is 11.5. The van der Waals surface area contributed by atoms with Gasteiger partial charge in [0.2, 0.25) is 5.91 Å². The van der Waals surface area contributed by atoms with E-state index in [2.05, 4.69) is 19.2 Å². The number of carbonyl (C=O) groups excluding carboxylic acids is 1. The smallest absolute Gasteiger partial charge is 0.237 e. The second kappa shape index (κ2) is 4.97. The van der Waals surface area contributed by atoms with Gasteiger partial charge in [-0.1, -0.05) is 26.7 Å². The number of carbonyl (C=O) groups is 1. The summed E-state index contributed by atoms with van der Waals surface area (Å²) in [5, 5.41) is 3.14. The predicted octanol–water partition coefficient (Wildman–Crippen LogP) is 1.67. The van der Waals surface area contributed by atoms with Gasteiger partial charge in [-0.3, -0.25) is 4.79 Å². The largest absolute Gasteiger partial charge is 0.368 e. The van der Waals surface area contributed by atoms with Crippen LogP contribution in [0.3, 0.4) is 0 Å². The normalized spacial score (nSPS) is 32.7. The summed E-state index contributed by atoms with van der Waals surface area (Å²) in [5.74, 6) is 1.28. The number of rotatable bonds is 3. The minimum Gasteiger partial charge on any atom is -0.368 e. The van der Waals surface area contributed by atoms with Crippen molar-refractivity contribution in [3.8, 4) is 0 Å². The lowest BCUT2D eigenvalue weighted by Crippen LogP contribution is -2.53. The Hall–Kier alpha value is -0.570. The molecule has 0 spiro atoms. The highest BCUT2D eigenvalue weighted by molar-refractivity contribution is 5.84. The summed E-state index contributed by atoms with van der Waals surface area (Å²) < 4.78 is 0. The van der Waals surface area contributed by atoms with Crippen molar-refractivity contribution >= 4 is 5.91 Å². The van der Waals surface area contributed by atoms with Gasteiger partial charge in [0.05, 0.1) is 5.54 Å². The summed E-state index contributed by atoms with van der Waals surface area (Å²) in [6, 6.07) is 0. The molecule has 1 saturated carbocycles. The quantitative estimate of drug-likeness (QED) is 0.699. The van der Waals surface area contributed by atoms with E-state index in [4.69, 9.17) is 5.73 Å². The molecule has 2 unspecified atom stereocenters. The average Bonchev–Trinajstić information content (AvgIpc) is 2.40. The van der Waals surface area contributed by atoms with Crippen molar-refractivity contribution in [1.29, 1.82) is 0 Å². The van der Waals surface area contributed by atoms with E-state index >= 15 is 0 Å². The molecule has 1 aliphatic rings. The molecule has 3 N–H and O–H groups in total. The molecule has 88 valence electrons. The fourth-order valence-corrected chi connectivity index (χ4v) is 2.65. The SMILES string of the molecule is CNC1(C(N)=O)CCCC(C(C)C)CC1. The molecule has 0 radical (unpaired) electrons. The molecule has 0 heterocycles. The van der Waals surface area contributed by atoms with E-state index in [0.29, 0.717) is 5.92 Å². The maximum absolute atomic E-state index is 11.5. The van der Waals surface area contributed by atoms with Gasteiger partial charge in [-0.15, -0.1) is 0 Å². The molecule has 1 fully saturated rings. The second-order valence-electron chi connectivity index (χ2n) is 5.13. The van der Waals surface area contributed by atoms with Crippen LogP contribution in [-0.2, 0) is 4.79 Å². The van der Waals surface area contributed by atoms with Gasteiger partial charge in [-0.2, -0.15) is 0 Å². The third kappa shape index (κ3) is 2.71. The highest BCUT2D eigenvalue weighted by Crippen LogP contribution is 2.33. The molecule has 0 aromatic rings. The summed E-state index contributed by atoms with van der Waals surface area (Å²) in [6.07, 6.45) is 5.23. The van der Waals surface area contributed by atoms with E-state index in [1.54, 1.807) is 0 Å². The zero-order valence-corrected chi connectivity index (χ0v) is 10.2. The van der Waals surface area contributed by atoms with E-state index in [0.717, 1.165) is 31.6 Å². The van der Waals surface area contributed by atoms with Crippen LogP contribution in [-0.4, -0.2) is 18.5 Å². The van der Waals surface area contributed by atoms with Gasteiger partial charge in [0.1, 0.15) is 0 Å². The van der Waals surface area contributed by atoms with Gasteiger partial charge in [0, 0.05) is 0 Å². The molecule has 2 atom stereocenters. The van der Waals surface area contributed by atoms with E-state index in [9.17, 15) is 4.79 Å². The Kier molecular flexibility index (Phi) is 4.14. The van der Waals surface area contributed by atoms with E-state index in [1.165, 1.54) is 6.42 Å². The van der Waals surface area contributed by atoms with Crippen molar-refractivity contribution in [3.63, 3.8) is 0 Å². The van der Waals surface area contributed by atoms with E-state index in [-0.39, 0.29) is 5.91 Å². The number of nitrogens with two attached hydrogens (primary N) is 1. The molecule has 0 aromatic heterocycles. The molecule has 1 rings (SSSR count). The van der Waals surface area contributed by atoms with Crippen LogP contribution in [0.5, 0.6) is 0 Å². The molecule has 1 amide bonds. The van der Waals surface area contributed by atoms with Crippen LogP contribution < -0.4 is 11.1 Å². The van der Waals surface area contributed by atoms with Crippen LogP contribution in [0, 0.1) is 11.8 Å². The molecule has 0 aliphatic heterocycles. The molecular weight excluding hydrogens is 188 g/mol. The summed E-state index contributed by atoms with van der Waals surface area (Å²) >= 11 is 0. The van der Waals surface area contributed by atoms with Gasteiger partial charge >= 0.3 is 0 Å². The van der Waals surface area contributed by atoms with Crippen LogP contribution >= 0.6 is 0 Å². The number of hydrogen-bond acceptors (Lipinski definition) is 2. The van der Waals surface area contributed by atoms with Gasteiger partial charge < -0.3 is 11.1 Å². The molecule has 0 bridgehead atoms. The van der Waals surface area contributed by atoms with Crippen molar-refractivity contribution in [2.75, 3.05) is 7.05 Å². The number of primary amides is 1. The standard InChI is InChI=1S/C12H24N2O/c1-9(2)10-5-4-7-12(14-3,8-6-10)11(13)15/h9-10,14H,4-8H2,1-3H3,(H2,13,15). The molecule has 3 heteroatoms. The van der Waals surface area contributed by atoms with Crippen molar-refractivity contribution in [1.82, 2.24) is 5.32 Å². The zero-order valence-electron chi connectivity index (χ0n) is 10.2. The minimum atomic E-state index is -0.441. The van der Waals surface area contributed by atoms with Gasteiger partial charge in [0.25, 0.3) is 0 Å². The van der Waals surface area contributed by atoms with Crippen molar-refractivity contribution in [3.05, 3.63) is 0 Å². The van der Waals surface area contributed by atoms with Crippen LogP contribution in [0.15, 0.2) is 0 Å². The van der Waals surface area contributed by atoms with E-state index < -0.39 is 5.54 Å². The maximum atomic E-state index is 11.5. The fourth-order valence-electron chi connectivity index (χ4n) is 2.65. The van der Waals surface area contributed by atoms with Crippen molar-refractivity contribution in [2.45, 2.75) is 51.5 Å². The Morgan fingerprint density at radius 3 is 2.53 bits per heavy atom. The molecule has 0 aromatic carbocycles. The first-order valence-electron chi connectivity index (χ1n) is 6.00. The zero-order chi connectivity index (χ0) is 11.5. The topological polar surface area (TPSA) is 55.1 Å². The van der Waals surface area contributed by atoms with Gasteiger partial charge in [-0.25, -0.2) is 0 Å². The van der Waals surface area contributed by atoms with Gasteiger partial charge in [0.15, 0.2) is 0 Å². The summed E-state index contributed by atoms with van der Waals surface area (Å²) in [5.41, 5.74) is 5.06. The average molecular weight is 212 g/mol. The Labute approximate surface area is 92.8 Å². The maximum Gasteiger partial charge on any atom is 0.237 e. The summed E-state index contributed by atoms with van der Waals surface area (Å²) in [7, 11) is 1.85. The van der Waals surface area contributed by atoms with Crippen LogP contribution in [0.1, 0.15) is 46.0 Å². The highest BCUT2D eigenvalue weighted by atomic mass is 16.1. The number of hydrogen-bond donors (Lipinski definition) is 2. The lowest BCUT2D eigenvalue weighted by molar-refractivity contribution is -0.124. The second-order valence-corrected chi connectivity index (χ2v) is 5.13. The fraction of sp³-hybridized carbons (Fsp3) is 0.917. The molecular formula is C12H24N2O.